The summed E-state index contributed by atoms with van der Waals surface area (Å²) in [6.07, 6.45) is 2.60. The van der Waals surface area contributed by atoms with Crippen molar-refractivity contribution in [2.24, 2.45) is 0 Å². The number of hydrogen-bond donors (Lipinski definition) is 1. The number of anilines is 2. The number of ether oxygens (including phenoxy) is 1. The number of nitrogens with two attached hydrogens (primary N) is 1. The third kappa shape index (κ3) is 4.19. The van der Waals surface area contributed by atoms with Gasteiger partial charge in [-0.3, -0.25) is 9.78 Å². The zero-order valence-electron chi connectivity index (χ0n) is 14.6. The minimum absolute atomic E-state index is 0.521. The van der Waals surface area contributed by atoms with E-state index in [2.05, 4.69) is 9.88 Å². The van der Waals surface area contributed by atoms with Crippen molar-refractivity contribution in [3.05, 3.63) is 72.4 Å². The first-order valence-electron chi connectivity index (χ1n) is 8.37. The third-order valence-electron chi connectivity index (χ3n) is 4.09. The molecule has 5 nitrogen and oxygen atoms in total. The van der Waals surface area contributed by atoms with Gasteiger partial charge in [0.1, 0.15) is 18.6 Å². The van der Waals surface area contributed by atoms with E-state index in [9.17, 15) is 4.79 Å². The van der Waals surface area contributed by atoms with E-state index in [-0.39, 0.29) is 0 Å². The second-order valence-electron chi connectivity index (χ2n) is 5.95. The summed E-state index contributed by atoms with van der Waals surface area (Å²) in [6, 6.07) is 18.7. The molecule has 0 amide bonds. The van der Waals surface area contributed by atoms with Crippen LogP contribution in [0.5, 0.6) is 5.75 Å². The summed E-state index contributed by atoms with van der Waals surface area (Å²) in [5, 5.41) is 0. The van der Waals surface area contributed by atoms with Crippen LogP contribution in [0.2, 0.25) is 0 Å². The van der Waals surface area contributed by atoms with Gasteiger partial charge in [0.05, 0.1) is 17.9 Å². The summed E-state index contributed by atoms with van der Waals surface area (Å²) < 4.78 is 5.76. The molecular weight excluding hydrogens is 326 g/mol. The second-order valence-corrected chi connectivity index (χ2v) is 5.95. The molecule has 0 atom stereocenters. The standard InChI is InChI=1S/C21H21N3O2/c1-24(13-14-26-19-10-4-16(15-25)5-11-19)20-3-2-12-23-21(20)17-6-8-18(22)9-7-17/h2-12,15H,13-14,22H2,1H3. The van der Waals surface area contributed by atoms with Crippen molar-refractivity contribution >= 4 is 17.7 Å². The van der Waals surface area contributed by atoms with Crippen LogP contribution in [0, 0.1) is 0 Å². The highest BCUT2D eigenvalue weighted by Crippen LogP contribution is 2.28. The maximum atomic E-state index is 10.7. The van der Waals surface area contributed by atoms with E-state index in [1.54, 1.807) is 30.5 Å². The van der Waals surface area contributed by atoms with Gasteiger partial charge in [0.25, 0.3) is 0 Å². The Morgan fingerprint density at radius 1 is 1.08 bits per heavy atom. The molecule has 1 heterocycles. The van der Waals surface area contributed by atoms with Gasteiger partial charge in [-0.15, -0.1) is 0 Å². The minimum atomic E-state index is 0.521. The van der Waals surface area contributed by atoms with Crippen LogP contribution in [0.4, 0.5) is 11.4 Å². The first-order valence-corrected chi connectivity index (χ1v) is 8.37. The Bertz CT molecular complexity index is 861. The third-order valence-corrected chi connectivity index (χ3v) is 4.09. The fourth-order valence-electron chi connectivity index (χ4n) is 2.63. The summed E-state index contributed by atoms with van der Waals surface area (Å²) in [6.45, 7) is 1.22. The zero-order valence-corrected chi connectivity index (χ0v) is 14.6. The van der Waals surface area contributed by atoms with Crippen LogP contribution in [-0.4, -0.2) is 31.5 Å². The predicted octanol–water partition coefficient (Wildman–Crippen LogP) is 3.66. The lowest BCUT2D eigenvalue weighted by Gasteiger charge is -2.22. The van der Waals surface area contributed by atoms with Gasteiger partial charge in [0.2, 0.25) is 0 Å². The smallest absolute Gasteiger partial charge is 0.150 e. The van der Waals surface area contributed by atoms with Crippen LogP contribution in [0.3, 0.4) is 0 Å². The fourth-order valence-corrected chi connectivity index (χ4v) is 2.63. The second kappa shape index (κ2) is 8.16. The highest BCUT2D eigenvalue weighted by atomic mass is 16.5. The number of pyridine rings is 1. The monoisotopic (exact) mass is 347 g/mol. The average Bonchev–Trinajstić information content (AvgIpc) is 2.69. The molecule has 0 aliphatic rings. The van der Waals surface area contributed by atoms with E-state index in [0.717, 1.165) is 34.7 Å². The van der Waals surface area contributed by atoms with Crippen LogP contribution in [0.1, 0.15) is 10.4 Å². The SMILES string of the molecule is CN(CCOc1ccc(C=O)cc1)c1cccnc1-c1ccc(N)cc1. The highest BCUT2D eigenvalue weighted by molar-refractivity contribution is 5.76. The lowest BCUT2D eigenvalue weighted by Crippen LogP contribution is -2.24. The topological polar surface area (TPSA) is 68.5 Å². The molecule has 1 aromatic heterocycles. The molecule has 2 aromatic carbocycles. The molecule has 132 valence electrons. The van der Waals surface area contributed by atoms with Crippen molar-refractivity contribution in [2.75, 3.05) is 30.8 Å². The summed E-state index contributed by atoms with van der Waals surface area (Å²) in [7, 11) is 2.01. The number of nitrogens with zero attached hydrogens (tertiary/aromatic N) is 2. The quantitative estimate of drug-likeness (QED) is 0.522. The first kappa shape index (κ1) is 17.5. The van der Waals surface area contributed by atoms with E-state index >= 15 is 0 Å². The molecule has 3 rings (SSSR count). The molecule has 5 heteroatoms. The Morgan fingerprint density at radius 3 is 2.50 bits per heavy atom. The van der Waals surface area contributed by atoms with Gasteiger partial charge < -0.3 is 15.4 Å². The number of likely N-dealkylation sites (N-methyl/N-ethyl adjacent to an activating group) is 1. The number of carbonyl (C=O) groups is 1. The molecule has 0 radical (unpaired) electrons. The predicted molar refractivity (Wildman–Crippen MR) is 105 cm³/mol. The largest absolute Gasteiger partial charge is 0.492 e. The minimum Gasteiger partial charge on any atom is -0.492 e. The number of rotatable bonds is 7. The van der Waals surface area contributed by atoms with Gasteiger partial charge in [0, 0.05) is 30.1 Å². The Labute approximate surface area is 153 Å². The van der Waals surface area contributed by atoms with Crippen LogP contribution in [0.15, 0.2) is 66.9 Å². The van der Waals surface area contributed by atoms with Crippen LogP contribution < -0.4 is 15.4 Å². The van der Waals surface area contributed by atoms with Crippen molar-refractivity contribution in [1.82, 2.24) is 4.98 Å². The molecule has 0 saturated carbocycles. The number of aldehydes is 1. The number of carbonyl (C=O) groups excluding carboxylic acids is 1. The molecule has 0 unspecified atom stereocenters. The number of benzene rings is 2. The van der Waals surface area contributed by atoms with Crippen molar-refractivity contribution in [3.8, 4) is 17.0 Å². The summed E-state index contributed by atoms with van der Waals surface area (Å²) in [4.78, 5) is 17.3. The summed E-state index contributed by atoms with van der Waals surface area (Å²) in [5.41, 5.74) is 10.1. The number of nitrogen functional groups attached to an aromatic ring is 1. The van der Waals surface area contributed by atoms with Crippen molar-refractivity contribution in [2.45, 2.75) is 0 Å². The molecule has 3 aromatic rings. The van der Waals surface area contributed by atoms with E-state index in [1.807, 2.05) is 43.4 Å². The lowest BCUT2D eigenvalue weighted by molar-refractivity contribution is 0.112. The van der Waals surface area contributed by atoms with Crippen molar-refractivity contribution in [3.63, 3.8) is 0 Å². The van der Waals surface area contributed by atoms with Gasteiger partial charge in [-0.1, -0.05) is 12.1 Å². The first-order chi connectivity index (χ1) is 12.7. The molecule has 2 N–H and O–H groups in total. The van der Waals surface area contributed by atoms with Crippen LogP contribution in [-0.2, 0) is 0 Å². The molecule has 0 saturated heterocycles. The Morgan fingerprint density at radius 2 is 1.81 bits per heavy atom. The molecule has 0 aliphatic carbocycles. The Balaban J connectivity index is 1.66. The molecule has 0 bridgehead atoms. The highest BCUT2D eigenvalue weighted by Gasteiger charge is 2.10. The van der Waals surface area contributed by atoms with E-state index in [1.165, 1.54) is 0 Å². The molecule has 0 aliphatic heterocycles. The lowest BCUT2D eigenvalue weighted by atomic mass is 10.1. The van der Waals surface area contributed by atoms with E-state index in [4.69, 9.17) is 10.5 Å². The van der Waals surface area contributed by atoms with Crippen molar-refractivity contribution in [1.29, 1.82) is 0 Å². The molecule has 0 spiro atoms. The van der Waals surface area contributed by atoms with Crippen LogP contribution >= 0.6 is 0 Å². The zero-order chi connectivity index (χ0) is 18.4. The van der Waals surface area contributed by atoms with Gasteiger partial charge in [0.15, 0.2) is 0 Å². The average molecular weight is 347 g/mol. The summed E-state index contributed by atoms with van der Waals surface area (Å²) in [5.74, 6) is 0.744. The number of hydrogen-bond acceptors (Lipinski definition) is 5. The molecular formula is C21H21N3O2. The van der Waals surface area contributed by atoms with Gasteiger partial charge >= 0.3 is 0 Å². The maximum absolute atomic E-state index is 10.7. The van der Waals surface area contributed by atoms with Gasteiger partial charge in [-0.05, 0) is 48.5 Å². The maximum Gasteiger partial charge on any atom is 0.150 e. The Hall–Kier alpha value is -3.34. The Kier molecular flexibility index (Phi) is 5.49. The molecule has 26 heavy (non-hydrogen) atoms. The fraction of sp³-hybridized carbons (Fsp3) is 0.143. The molecule has 0 fully saturated rings. The van der Waals surface area contributed by atoms with Gasteiger partial charge in [-0.2, -0.15) is 0 Å². The van der Waals surface area contributed by atoms with E-state index in [0.29, 0.717) is 18.7 Å². The summed E-state index contributed by atoms with van der Waals surface area (Å²) >= 11 is 0. The van der Waals surface area contributed by atoms with Crippen LogP contribution in [0.25, 0.3) is 11.3 Å². The van der Waals surface area contributed by atoms with Gasteiger partial charge in [-0.25, -0.2) is 0 Å². The van der Waals surface area contributed by atoms with Crippen molar-refractivity contribution < 1.29 is 9.53 Å². The number of aromatic nitrogens is 1. The normalized spacial score (nSPS) is 10.3. The van der Waals surface area contributed by atoms with E-state index < -0.39 is 0 Å².